The highest BCUT2D eigenvalue weighted by Gasteiger charge is 2.32. The number of benzene rings is 2. The van der Waals surface area contributed by atoms with Crippen molar-refractivity contribution in [3.63, 3.8) is 0 Å². The van der Waals surface area contributed by atoms with E-state index in [2.05, 4.69) is 5.32 Å². The summed E-state index contributed by atoms with van der Waals surface area (Å²) in [4.78, 5) is 36.5. The summed E-state index contributed by atoms with van der Waals surface area (Å²) in [7, 11) is 0. The molecule has 4 N–H and O–H groups in total. The minimum atomic E-state index is -4.53. The van der Waals surface area contributed by atoms with Crippen molar-refractivity contribution in [1.29, 1.82) is 5.26 Å². The Morgan fingerprint density at radius 1 is 1.21 bits per heavy atom. The lowest BCUT2D eigenvalue weighted by molar-refractivity contribution is -0.138. The van der Waals surface area contributed by atoms with Gasteiger partial charge in [-0.2, -0.15) is 18.4 Å². The summed E-state index contributed by atoms with van der Waals surface area (Å²) in [6.07, 6.45) is -4.53. The SMILES string of the molecule is N#Cc1ccc2c(O)c(C(=O)NCC(=O)O)c(=O)n3c2c1NC(c1ccc(C(F)(F)F)cc1)C3. The van der Waals surface area contributed by atoms with Crippen LogP contribution in [0.5, 0.6) is 5.75 Å². The Bertz CT molecular complexity index is 1440. The highest BCUT2D eigenvalue weighted by atomic mass is 19.4. The molecule has 1 amide bonds. The van der Waals surface area contributed by atoms with Gasteiger partial charge in [0.2, 0.25) is 0 Å². The molecule has 2 heterocycles. The van der Waals surface area contributed by atoms with Crippen molar-refractivity contribution in [2.75, 3.05) is 11.9 Å². The van der Waals surface area contributed by atoms with Gasteiger partial charge in [-0.1, -0.05) is 12.1 Å². The second-order valence-corrected chi connectivity index (χ2v) is 7.53. The summed E-state index contributed by atoms with van der Waals surface area (Å²) in [5, 5.41) is 34.1. The van der Waals surface area contributed by atoms with Crippen LogP contribution in [0.15, 0.2) is 41.2 Å². The molecule has 0 fully saturated rings. The third-order valence-electron chi connectivity index (χ3n) is 5.47. The van der Waals surface area contributed by atoms with E-state index in [1.807, 2.05) is 11.4 Å². The molecule has 0 radical (unpaired) electrons. The topological polar surface area (TPSA) is 144 Å². The van der Waals surface area contributed by atoms with Gasteiger partial charge >= 0.3 is 12.1 Å². The average Bonchev–Trinajstić information content (AvgIpc) is 2.80. The lowest BCUT2D eigenvalue weighted by Gasteiger charge is -2.30. The van der Waals surface area contributed by atoms with Crippen molar-refractivity contribution in [2.45, 2.75) is 18.8 Å². The van der Waals surface area contributed by atoms with Gasteiger partial charge in [0.15, 0.2) is 0 Å². The molecule has 1 aliphatic rings. The van der Waals surface area contributed by atoms with Gasteiger partial charge in [-0.15, -0.1) is 0 Å². The Balaban J connectivity index is 1.87. The lowest BCUT2D eigenvalue weighted by Crippen LogP contribution is -2.38. The second-order valence-electron chi connectivity index (χ2n) is 7.53. The molecule has 0 aliphatic carbocycles. The number of aromatic hydroxyl groups is 1. The Hall–Kier alpha value is -4.53. The number of rotatable bonds is 4. The Kier molecular flexibility index (Phi) is 5.40. The van der Waals surface area contributed by atoms with Crippen LogP contribution in [0, 0.1) is 11.3 Å². The number of aromatic nitrogens is 1. The van der Waals surface area contributed by atoms with Gasteiger partial charge in [0.05, 0.1) is 34.9 Å². The first kappa shape index (κ1) is 22.7. The number of pyridine rings is 1. The molecule has 3 aromatic rings. The van der Waals surface area contributed by atoms with E-state index < -0.39 is 53.1 Å². The van der Waals surface area contributed by atoms with Crippen LogP contribution in [0.3, 0.4) is 0 Å². The number of nitrogens with zero attached hydrogens (tertiary/aromatic N) is 2. The summed E-state index contributed by atoms with van der Waals surface area (Å²) in [5.74, 6) is -3.15. The Labute approximate surface area is 188 Å². The van der Waals surface area contributed by atoms with Crippen molar-refractivity contribution in [1.82, 2.24) is 9.88 Å². The molecule has 34 heavy (non-hydrogen) atoms. The molecule has 0 saturated carbocycles. The highest BCUT2D eigenvalue weighted by molar-refractivity contribution is 6.06. The smallest absolute Gasteiger partial charge is 0.416 e. The summed E-state index contributed by atoms with van der Waals surface area (Å²) < 4.78 is 40.0. The van der Waals surface area contributed by atoms with Crippen molar-refractivity contribution in [3.8, 4) is 11.8 Å². The maximum Gasteiger partial charge on any atom is 0.416 e. The Morgan fingerprint density at radius 2 is 1.88 bits per heavy atom. The summed E-state index contributed by atoms with van der Waals surface area (Å²) in [5.41, 5.74) is -1.68. The quantitative estimate of drug-likeness (QED) is 0.457. The lowest BCUT2D eigenvalue weighted by atomic mass is 9.98. The Morgan fingerprint density at radius 3 is 2.47 bits per heavy atom. The third-order valence-corrected chi connectivity index (χ3v) is 5.47. The van der Waals surface area contributed by atoms with Gasteiger partial charge in [0.1, 0.15) is 23.9 Å². The highest BCUT2D eigenvalue weighted by Crippen LogP contribution is 2.39. The monoisotopic (exact) mass is 472 g/mol. The fraction of sp³-hybridized carbons (Fsp3) is 0.182. The van der Waals surface area contributed by atoms with Crippen molar-refractivity contribution in [2.24, 2.45) is 0 Å². The zero-order chi connectivity index (χ0) is 24.8. The number of nitrogens with one attached hydrogen (secondary N) is 2. The molecule has 1 aliphatic heterocycles. The molecule has 0 saturated heterocycles. The summed E-state index contributed by atoms with van der Waals surface area (Å²) >= 11 is 0. The van der Waals surface area contributed by atoms with Crippen LogP contribution < -0.4 is 16.2 Å². The van der Waals surface area contributed by atoms with E-state index in [9.17, 15) is 37.9 Å². The molecule has 4 rings (SSSR count). The van der Waals surface area contributed by atoms with Crippen LogP contribution in [0.25, 0.3) is 10.9 Å². The number of carbonyl (C=O) groups is 2. The summed E-state index contributed by atoms with van der Waals surface area (Å²) in [6, 6.07) is 8.17. The molecule has 174 valence electrons. The zero-order valence-electron chi connectivity index (χ0n) is 17.1. The molecule has 1 unspecified atom stereocenters. The molecular formula is C22H15F3N4O5. The molecule has 0 spiro atoms. The first-order valence-corrected chi connectivity index (χ1v) is 9.79. The van der Waals surface area contributed by atoms with Crippen molar-refractivity contribution >= 4 is 28.5 Å². The van der Waals surface area contributed by atoms with E-state index >= 15 is 0 Å². The first-order valence-electron chi connectivity index (χ1n) is 9.79. The number of carboxylic acid groups (broad SMARTS) is 1. The minimum absolute atomic E-state index is 0.0624. The van der Waals surface area contributed by atoms with Gasteiger partial charge in [-0.05, 0) is 29.8 Å². The number of carboxylic acids is 1. The number of hydrogen-bond donors (Lipinski definition) is 4. The van der Waals surface area contributed by atoms with E-state index in [1.165, 1.54) is 24.3 Å². The fourth-order valence-corrected chi connectivity index (χ4v) is 3.89. The first-order chi connectivity index (χ1) is 16.0. The fourth-order valence-electron chi connectivity index (χ4n) is 3.89. The number of amides is 1. The van der Waals surface area contributed by atoms with Crippen LogP contribution in [-0.2, 0) is 17.5 Å². The van der Waals surface area contributed by atoms with Crippen LogP contribution >= 0.6 is 0 Å². The molecule has 12 heteroatoms. The van der Waals surface area contributed by atoms with Crippen LogP contribution in [0.1, 0.15) is 33.1 Å². The predicted octanol–water partition coefficient (Wildman–Crippen LogP) is 2.58. The zero-order valence-corrected chi connectivity index (χ0v) is 17.1. The van der Waals surface area contributed by atoms with Crippen LogP contribution in [-0.4, -0.2) is 33.2 Å². The van der Waals surface area contributed by atoms with E-state index in [4.69, 9.17) is 5.11 Å². The number of anilines is 1. The standard InChI is InChI=1S/C22H15F3N4O5/c23-22(24,25)12-4-1-10(2-5-12)14-9-29-18-13(6-3-11(7-26)17(18)28-14)19(32)16(21(29)34)20(33)27-8-15(30)31/h1-6,14,28,32H,8-9H2,(H,27,33)(H,30,31). The number of aliphatic carboxylic acids is 1. The van der Waals surface area contributed by atoms with Gasteiger partial charge in [-0.25, -0.2) is 0 Å². The number of nitriles is 1. The molecular weight excluding hydrogens is 457 g/mol. The van der Waals surface area contributed by atoms with Gasteiger partial charge < -0.3 is 25.4 Å². The van der Waals surface area contributed by atoms with Crippen LogP contribution in [0.4, 0.5) is 18.9 Å². The molecule has 0 bridgehead atoms. The second kappa shape index (κ2) is 8.11. The maximum absolute atomic E-state index is 13.2. The van der Waals surface area contributed by atoms with E-state index in [-0.39, 0.29) is 28.7 Å². The molecule has 9 nitrogen and oxygen atoms in total. The van der Waals surface area contributed by atoms with Gasteiger partial charge in [-0.3, -0.25) is 14.4 Å². The number of carbonyl (C=O) groups excluding carboxylic acids is 1. The van der Waals surface area contributed by atoms with Crippen molar-refractivity contribution in [3.05, 3.63) is 69.0 Å². The molecule has 1 aromatic heterocycles. The summed E-state index contributed by atoms with van der Waals surface area (Å²) in [6.45, 7) is -0.924. The van der Waals surface area contributed by atoms with Gasteiger partial charge in [0.25, 0.3) is 11.5 Å². The van der Waals surface area contributed by atoms with E-state index in [1.54, 1.807) is 0 Å². The largest absolute Gasteiger partial charge is 0.506 e. The average molecular weight is 472 g/mol. The number of halogens is 3. The third kappa shape index (κ3) is 3.77. The normalized spacial score (nSPS) is 14.8. The molecule has 2 aromatic carbocycles. The predicted molar refractivity (Wildman–Crippen MR) is 112 cm³/mol. The van der Waals surface area contributed by atoms with Gasteiger partial charge in [0, 0.05) is 5.39 Å². The van der Waals surface area contributed by atoms with E-state index in [0.29, 0.717) is 5.56 Å². The number of hydrogen-bond acceptors (Lipinski definition) is 6. The minimum Gasteiger partial charge on any atom is -0.506 e. The maximum atomic E-state index is 13.2. The molecule has 1 atom stereocenters. The van der Waals surface area contributed by atoms with Crippen LogP contribution in [0.2, 0.25) is 0 Å². The van der Waals surface area contributed by atoms with E-state index in [0.717, 1.165) is 16.7 Å². The van der Waals surface area contributed by atoms with Crippen molar-refractivity contribution < 1.29 is 33.0 Å². The number of alkyl halides is 3.